The van der Waals surface area contributed by atoms with Gasteiger partial charge in [-0.05, 0) is 49.7 Å². The fourth-order valence-electron chi connectivity index (χ4n) is 4.75. The second kappa shape index (κ2) is 13.1. The molecule has 0 spiro atoms. The summed E-state index contributed by atoms with van der Waals surface area (Å²) >= 11 is 0. The van der Waals surface area contributed by atoms with E-state index in [4.69, 9.17) is 5.73 Å². The number of nitrogens with zero attached hydrogens (tertiary/aromatic N) is 6. The van der Waals surface area contributed by atoms with Crippen LogP contribution in [0.1, 0.15) is 32.8 Å². The Hall–Kier alpha value is -5.63. The molecule has 2 amide bonds. The van der Waals surface area contributed by atoms with Crippen molar-refractivity contribution < 1.29 is 9.59 Å². The van der Waals surface area contributed by atoms with Crippen molar-refractivity contribution in [2.75, 3.05) is 18.0 Å². The molecule has 1 atom stereocenters. The van der Waals surface area contributed by atoms with Crippen molar-refractivity contribution in [1.29, 1.82) is 0 Å². The third-order valence-electron chi connectivity index (χ3n) is 6.93. The van der Waals surface area contributed by atoms with Gasteiger partial charge in [0.2, 0.25) is 5.91 Å². The molecule has 0 aliphatic carbocycles. The van der Waals surface area contributed by atoms with E-state index in [0.717, 1.165) is 30.1 Å². The van der Waals surface area contributed by atoms with E-state index in [2.05, 4.69) is 33.1 Å². The fraction of sp³-hybridized carbons (Fsp3) is 0.194. The molecule has 5 aromatic rings. The van der Waals surface area contributed by atoms with Crippen molar-refractivity contribution >= 4 is 23.3 Å². The highest BCUT2D eigenvalue weighted by molar-refractivity contribution is 5.95. The monoisotopic (exact) mass is 564 g/mol. The molecule has 1 aliphatic rings. The van der Waals surface area contributed by atoms with Gasteiger partial charge in [0.15, 0.2) is 5.65 Å². The van der Waals surface area contributed by atoms with Gasteiger partial charge in [-0.1, -0.05) is 36.4 Å². The van der Waals surface area contributed by atoms with Gasteiger partial charge >= 0.3 is 0 Å². The first-order valence-electron chi connectivity index (χ1n) is 13.2. The fourth-order valence-corrected chi connectivity index (χ4v) is 4.75. The molecule has 1 aliphatic heterocycles. The summed E-state index contributed by atoms with van der Waals surface area (Å²) in [6.07, 6.45) is 12.3. The van der Waals surface area contributed by atoms with Crippen LogP contribution < -0.4 is 21.5 Å². The topological polar surface area (TPSA) is 133 Å². The minimum Gasteiger partial charge on any atom is -0.366 e. The highest BCUT2D eigenvalue weighted by atomic mass is 16.2. The van der Waals surface area contributed by atoms with Crippen LogP contribution in [0.2, 0.25) is 0 Å². The van der Waals surface area contributed by atoms with Crippen LogP contribution in [0.4, 0.5) is 5.82 Å². The van der Waals surface area contributed by atoms with Crippen LogP contribution in [-0.2, 0) is 7.05 Å². The summed E-state index contributed by atoms with van der Waals surface area (Å²) in [6.45, 7) is 3.21. The zero-order valence-electron chi connectivity index (χ0n) is 23.4. The van der Waals surface area contributed by atoms with Crippen LogP contribution in [-0.4, -0.2) is 54.9 Å². The Labute approximate surface area is 243 Å². The molecule has 4 heterocycles. The Balaban J connectivity index is 0.000000313. The van der Waals surface area contributed by atoms with Crippen molar-refractivity contribution in [1.82, 2.24) is 29.3 Å². The lowest BCUT2D eigenvalue weighted by atomic mass is 10.2. The Morgan fingerprint density at radius 3 is 2.31 bits per heavy atom. The molecule has 1 saturated heterocycles. The zero-order valence-corrected chi connectivity index (χ0v) is 23.4. The summed E-state index contributed by atoms with van der Waals surface area (Å²) < 4.78 is 4.98. The minimum absolute atomic E-state index is 0.0584. The van der Waals surface area contributed by atoms with E-state index in [1.165, 1.54) is 4.68 Å². The summed E-state index contributed by atoms with van der Waals surface area (Å²) in [5.41, 5.74) is 7.55. The maximum atomic E-state index is 13.1. The van der Waals surface area contributed by atoms with Crippen molar-refractivity contribution in [3.63, 3.8) is 0 Å². The number of carbonyl (C=O) groups excluding carboxylic acids is 2. The number of benzene rings is 2. The van der Waals surface area contributed by atoms with E-state index in [0.29, 0.717) is 17.8 Å². The van der Waals surface area contributed by atoms with E-state index in [9.17, 15) is 14.4 Å². The van der Waals surface area contributed by atoms with Crippen molar-refractivity contribution in [3.8, 4) is 18.5 Å². The van der Waals surface area contributed by atoms with Gasteiger partial charge in [-0.15, -0.1) is 17.9 Å². The second-order valence-electron chi connectivity index (χ2n) is 9.49. The molecule has 3 N–H and O–H groups in total. The quantitative estimate of drug-likeness (QED) is 0.316. The average molecular weight is 565 g/mol. The van der Waals surface area contributed by atoms with E-state index in [1.807, 2.05) is 54.7 Å². The lowest BCUT2D eigenvalue weighted by Crippen LogP contribution is -2.39. The molecular weight excluding hydrogens is 532 g/mol. The average Bonchev–Trinajstić information content (AvgIpc) is 3.73. The molecule has 1 fully saturated rings. The van der Waals surface area contributed by atoms with Gasteiger partial charge in [0.25, 0.3) is 11.5 Å². The summed E-state index contributed by atoms with van der Waals surface area (Å²) in [7, 11) is 1.79. The van der Waals surface area contributed by atoms with Gasteiger partial charge in [-0.3, -0.25) is 19.1 Å². The van der Waals surface area contributed by atoms with Crippen molar-refractivity contribution in [3.05, 3.63) is 112 Å². The molecule has 6 rings (SSSR count). The maximum Gasteiger partial charge on any atom is 0.284 e. The molecule has 11 heteroatoms. The lowest BCUT2D eigenvalue weighted by Gasteiger charge is -2.17. The molecule has 3 aromatic heterocycles. The largest absolute Gasteiger partial charge is 0.366 e. The SMILES string of the molecule is C#C.Cc1c(C(=O)N[C@H]2CCN(c3ccc4nccn4n3)C2)c(=O)n(-c2ccccc2)n1C.NC(=O)c1ccccc1. The smallest absolute Gasteiger partial charge is 0.284 e. The molecule has 11 nitrogen and oxygen atoms in total. The number of nitrogens with two attached hydrogens (primary N) is 1. The molecule has 0 bridgehead atoms. The predicted octanol–water partition coefficient (Wildman–Crippen LogP) is 2.57. The number of carbonyl (C=O) groups is 2. The number of terminal acetylenes is 1. The van der Waals surface area contributed by atoms with Gasteiger partial charge in [0.1, 0.15) is 11.4 Å². The molecule has 0 saturated carbocycles. The molecule has 0 radical (unpaired) electrons. The van der Waals surface area contributed by atoms with Crippen LogP contribution >= 0.6 is 0 Å². The van der Waals surface area contributed by atoms with Gasteiger partial charge < -0.3 is 16.0 Å². The summed E-state index contributed by atoms with van der Waals surface area (Å²) in [5, 5.41) is 7.62. The number of rotatable bonds is 5. The Morgan fingerprint density at radius 2 is 1.67 bits per heavy atom. The third-order valence-corrected chi connectivity index (χ3v) is 6.93. The Bertz CT molecular complexity index is 1750. The van der Waals surface area contributed by atoms with Crippen LogP contribution in [0.25, 0.3) is 11.3 Å². The van der Waals surface area contributed by atoms with E-state index in [-0.39, 0.29) is 29.0 Å². The molecule has 0 unspecified atom stereocenters. The summed E-state index contributed by atoms with van der Waals surface area (Å²) in [6, 6.07) is 21.9. The van der Waals surface area contributed by atoms with Gasteiger partial charge in [-0.2, -0.15) is 0 Å². The number of nitrogens with one attached hydrogen (secondary N) is 1. The lowest BCUT2D eigenvalue weighted by molar-refractivity contribution is 0.0937. The molecule has 42 heavy (non-hydrogen) atoms. The van der Waals surface area contributed by atoms with Crippen molar-refractivity contribution in [2.45, 2.75) is 19.4 Å². The summed E-state index contributed by atoms with van der Waals surface area (Å²) in [4.78, 5) is 42.9. The minimum atomic E-state index is -0.379. The highest BCUT2D eigenvalue weighted by Crippen LogP contribution is 2.19. The van der Waals surface area contributed by atoms with Crippen LogP contribution in [0, 0.1) is 19.8 Å². The van der Waals surface area contributed by atoms with Crippen LogP contribution in [0.15, 0.2) is 90.0 Å². The Kier molecular flexibility index (Phi) is 9.19. The number of hydrogen-bond donors (Lipinski definition) is 2. The first kappa shape index (κ1) is 29.4. The number of aromatic nitrogens is 5. The van der Waals surface area contributed by atoms with E-state index in [1.54, 1.807) is 53.6 Å². The number of primary amides is 1. The first-order chi connectivity index (χ1) is 20.3. The van der Waals surface area contributed by atoms with E-state index < -0.39 is 0 Å². The second-order valence-corrected chi connectivity index (χ2v) is 9.49. The maximum absolute atomic E-state index is 13.1. The van der Waals surface area contributed by atoms with Crippen LogP contribution in [0.5, 0.6) is 0 Å². The zero-order chi connectivity index (χ0) is 30.2. The number of hydrogen-bond acceptors (Lipinski definition) is 6. The van der Waals surface area contributed by atoms with Crippen molar-refractivity contribution in [2.24, 2.45) is 12.8 Å². The first-order valence-corrected chi connectivity index (χ1v) is 13.2. The molecule has 2 aromatic carbocycles. The normalized spacial score (nSPS) is 13.9. The van der Waals surface area contributed by atoms with Gasteiger partial charge in [0, 0.05) is 44.1 Å². The number of imidazole rings is 1. The van der Waals surface area contributed by atoms with Crippen LogP contribution in [0.3, 0.4) is 0 Å². The Morgan fingerprint density at radius 1 is 1.00 bits per heavy atom. The van der Waals surface area contributed by atoms with E-state index >= 15 is 0 Å². The third kappa shape index (κ3) is 6.23. The predicted molar refractivity (Wildman–Crippen MR) is 162 cm³/mol. The summed E-state index contributed by atoms with van der Waals surface area (Å²) in [5.74, 6) is 0.123. The van der Waals surface area contributed by atoms with Gasteiger partial charge in [0.05, 0.1) is 11.4 Å². The number of para-hydroxylation sites is 1. The number of amides is 2. The number of fused-ring (bicyclic) bond motifs is 1. The number of anilines is 1. The van der Waals surface area contributed by atoms with Gasteiger partial charge in [-0.25, -0.2) is 14.2 Å². The standard InChI is InChI=1S/C22H23N7O2.C7H7NO.C2H2/c1-15-20(22(31)29(26(15)2)17-6-4-3-5-7-17)21(30)24-16-10-12-27(14-16)19-9-8-18-23-11-13-28(18)25-19;8-7(9)6-4-2-1-3-5-6;1-2/h3-9,11,13,16H,10,12,14H2,1-2H3,(H,24,30);1-5H,(H2,8,9);1-2H/t16-;;/m0../s1. The highest BCUT2D eigenvalue weighted by Gasteiger charge is 2.28. The molecular formula is C31H32N8O3. The molecule has 214 valence electrons.